The van der Waals surface area contributed by atoms with Crippen molar-refractivity contribution < 1.29 is 13.6 Å². The normalized spacial score (nSPS) is 13.3. The molecule has 4 rings (SSSR count). The van der Waals surface area contributed by atoms with E-state index in [0.29, 0.717) is 30.4 Å². The van der Waals surface area contributed by atoms with Crippen LogP contribution in [0.15, 0.2) is 42.5 Å². The first-order valence-electron chi connectivity index (χ1n) is 9.32. The fourth-order valence-corrected chi connectivity index (χ4v) is 3.44. The second-order valence-electron chi connectivity index (χ2n) is 7.01. The predicted molar refractivity (Wildman–Crippen MR) is 107 cm³/mol. The highest BCUT2D eigenvalue weighted by Gasteiger charge is 2.27. The van der Waals surface area contributed by atoms with E-state index in [2.05, 4.69) is 10.3 Å². The Hall–Kier alpha value is -3.26. The molecule has 8 heteroatoms. The second-order valence-corrected chi connectivity index (χ2v) is 7.01. The maximum Gasteiger partial charge on any atom is 0.236 e. The quantitative estimate of drug-likeness (QED) is 0.709. The number of nitrogens with one attached hydrogen (secondary N) is 1. The van der Waals surface area contributed by atoms with Gasteiger partial charge in [0.1, 0.15) is 29.0 Å². The van der Waals surface area contributed by atoms with Gasteiger partial charge in [-0.1, -0.05) is 17.7 Å². The maximum atomic E-state index is 14.5. The molecular weight excluding hydrogens is 376 g/mol. The molecule has 0 aliphatic carbocycles. The average Bonchev–Trinajstić information content (AvgIpc) is 3.06. The zero-order valence-corrected chi connectivity index (χ0v) is 16.0. The molecule has 1 amide bonds. The van der Waals surface area contributed by atoms with Gasteiger partial charge in [-0.3, -0.25) is 4.79 Å². The van der Waals surface area contributed by atoms with Crippen molar-refractivity contribution in [2.45, 2.75) is 20.0 Å². The molecule has 6 nitrogen and oxygen atoms in total. The topological polar surface area (TPSA) is 76.2 Å². The molecule has 0 saturated carbocycles. The molecule has 3 aromatic rings. The Bertz CT molecular complexity index is 1060. The molecule has 1 aliphatic rings. The Labute approximate surface area is 167 Å². The molecule has 0 unspecified atom stereocenters. The van der Waals surface area contributed by atoms with E-state index < -0.39 is 11.6 Å². The van der Waals surface area contributed by atoms with Gasteiger partial charge in [0.2, 0.25) is 5.91 Å². The van der Waals surface area contributed by atoms with Crippen LogP contribution in [0.25, 0.3) is 11.3 Å². The van der Waals surface area contributed by atoms with Crippen LogP contribution in [0, 0.1) is 18.6 Å². The van der Waals surface area contributed by atoms with E-state index in [4.69, 9.17) is 5.73 Å². The SMILES string of the molecule is Cc1ccc(Nc2c(-c3ccc(F)cc3F)nc3n2CCN(C(=O)CN)C3)cc1. The van der Waals surface area contributed by atoms with Crippen LogP contribution < -0.4 is 11.1 Å². The fourth-order valence-electron chi connectivity index (χ4n) is 3.44. The number of fused-ring (bicyclic) bond motifs is 1. The number of aromatic nitrogens is 2. The minimum atomic E-state index is -0.692. The van der Waals surface area contributed by atoms with Gasteiger partial charge in [0, 0.05) is 30.4 Å². The van der Waals surface area contributed by atoms with Crippen molar-refractivity contribution in [3.8, 4) is 11.3 Å². The summed E-state index contributed by atoms with van der Waals surface area (Å²) < 4.78 is 29.9. The number of benzene rings is 2. The highest BCUT2D eigenvalue weighted by atomic mass is 19.1. The summed E-state index contributed by atoms with van der Waals surface area (Å²) in [6.45, 7) is 3.17. The Morgan fingerprint density at radius 3 is 2.62 bits per heavy atom. The number of carbonyl (C=O) groups is 1. The summed E-state index contributed by atoms with van der Waals surface area (Å²) in [6.07, 6.45) is 0. The van der Waals surface area contributed by atoms with Crippen LogP contribution >= 0.6 is 0 Å². The highest BCUT2D eigenvalue weighted by molar-refractivity contribution is 5.79. The minimum Gasteiger partial charge on any atom is -0.340 e. The number of halogens is 2. The van der Waals surface area contributed by atoms with Crippen LogP contribution in [0.5, 0.6) is 0 Å². The lowest BCUT2D eigenvalue weighted by Crippen LogP contribution is -2.41. The Balaban J connectivity index is 1.80. The van der Waals surface area contributed by atoms with Crippen molar-refractivity contribution in [2.24, 2.45) is 5.73 Å². The summed E-state index contributed by atoms with van der Waals surface area (Å²) >= 11 is 0. The molecule has 29 heavy (non-hydrogen) atoms. The van der Waals surface area contributed by atoms with E-state index in [-0.39, 0.29) is 24.6 Å². The van der Waals surface area contributed by atoms with Crippen molar-refractivity contribution in [2.75, 3.05) is 18.4 Å². The number of carbonyl (C=O) groups excluding carboxylic acids is 1. The lowest BCUT2D eigenvalue weighted by atomic mass is 10.1. The summed E-state index contributed by atoms with van der Waals surface area (Å²) in [5, 5.41) is 3.32. The Morgan fingerprint density at radius 2 is 1.93 bits per heavy atom. The number of nitrogens with two attached hydrogens (primary N) is 1. The molecule has 0 radical (unpaired) electrons. The third-order valence-electron chi connectivity index (χ3n) is 5.00. The molecule has 1 aliphatic heterocycles. The lowest BCUT2D eigenvalue weighted by molar-refractivity contribution is -0.131. The Kier molecular flexibility index (Phi) is 5.02. The van der Waals surface area contributed by atoms with Gasteiger partial charge in [0.15, 0.2) is 0 Å². The molecule has 0 atom stereocenters. The molecule has 0 bridgehead atoms. The van der Waals surface area contributed by atoms with Crippen molar-refractivity contribution >= 4 is 17.4 Å². The van der Waals surface area contributed by atoms with Crippen LogP contribution in [0.2, 0.25) is 0 Å². The summed E-state index contributed by atoms with van der Waals surface area (Å²) in [4.78, 5) is 18.2. The van der Waals surface area contributed by atoms with Gasteiger partial charge in [-0.05, 0) is 31.2 Å². The number of aryl methyl sites for hydroxylation is 1. The molecular formula is C21H21F2N5O. The highest BCUT2D eigenvalue weighted by Crippen LogP contribution is 2.34. The zero-order chi connectivity index (χ0) is 20.5. The monoisotopic (exact) mass is 397 g/mol. The van der Waals surface area contributed by atoms with E-state index in [1.807, 2.05) is 35.8 Å². The largest absolute Gasteiger partial charge is 0.340 e. The lowest BCUT2D eigenvalue weighted by Gasteiger charge is -2.28. The van der Waals surface area contributed by atoms with E-state index in [1.54, 1.807) is 4.90 Å². The molecule has 0 spiro atoms. The molecule has 3 N–H and O–H groups in total. The van der Waals surface area contributed by atoms with Crippen LogP contribution in [0.4, 0.5) is 20.3 Å². The van der Waals surface area contributed by atoms with Gasteiger partial charge in [-0.25, -0.2) is 13.8 Å². The summed E-state index contributed by atoms with van der Waals surface area (Å²) in [7, 11) is 0. The van der Waals surface area contributed by atoms with Crippen LogP contribution in [-0.4, -0.2) is 33.4 Å². The van der Waals surface area contributed by atoms with Crippen molar-refractivity contribution in [3.63, 3.8) is 0 Å². The third kappa shape index (κ3) is 3.71. The van der Waals surface area contributed by atoms with Crippen molar-refractivity contribution in [1.29, 1.82) is 0 Å². The van der Waals surface area contributed by atoms with Crippen LogP contribution in [0.1, 0.15) is 11.4 Å². The number of rotatable bonds is 4. The van der Waals surface area contributed by atoms with Gasteiger partial charge in [-0.15, -0.1) is 0 Å². The fraction of sp³-hybridized carbons (Fsp3) is 0.238. The number of nitrogens with zero attached hydrogens (tertiary/aromatic N) is 3. The maximum absolute atomic E-state index is 14.5. The molecule has 1 aromatic heterocycles. The smallest absolute Gasteiger partial charge is 0.236 e. The van der Waals surface area contributed by atoms with E-state index >= 15 is 0 Å². The number of amides is 1. The van der Waals surface area contributed by atoms with E-state index in [9.17, 15) is 13.6 Å². The van der Waals surface area contributed by atoms with Crippen molar-refractivity contribution in [1.82, 2.24) is 14.5 Å². The first-order chi connectivity index (χ1) is 14.0. The average molecular weight is 397 g/mol. The standard InChI is InChI=1S/C21H21F2N5O/c1-13-2-5-15(6-3-13)25-21-20(16-7-4-14(22)10-17(16)23)26-18-12-27(19(29)11-24)8-9-28(18)21/h2-7,10,25H,8-9,11-12,24H2,1H3. The van der Waals surface area contributed by atoms with E-state index in [1.165, 1.54) is 12.1 Å². The minimum absolute atomic E-state index is 0.0748. The van der Waals surface area contributed by atoms with Gasteiger partial charge in [0.25, 0.3) is 0 Å². The first kappa shape index (κ1) is 19.1. The van der Waals surface area contributed by atoms with Crippen LogP contribution in [-0.2, 0) is 17.9 Å². The van der Waals surface area contributed by atoms with Gasteiger partial charge < -0.3 is 20.5 Å². The summed E-state index contributed by atoms with van der Waals surface area (Å²) in [5.74, 6) is -0.285. The number of imidazole rings is 1. The van der Waals surface area contributed by atoms with Gasteiger partial charge in [0.05, 0.1) is 13.1 Å². The first-order valence-corrected chi connectivity index (χ1v) is 9.32. The van der Waals surface area contributed by atoms with Gasteiger partial charge >= 0.3 is 0 Å². The molecule has 150 valence electrons. The van der Waals surface area contributed by atoms with Gasteiger partial charge in [-0.2, -0.15) is 0 Å². The predicted octanol–water partition coefficient (Wildman–Crippen LogP) is 3.18. The van der Waals surface area contributed by atoms with Crippen LogP contribution in [0.3, 0.4) is 0 Å². The summed E-state index contributed by atoms with van der Waals surface area (Å²) in [5.41, 5.74) is 7.99. The van der Waals surface area contributed by atoms with E-state index in [0.717, 1.165) is 17.3 Å². The molecule has 0 fully saturated rings. The number of hydrogen-bond acceptors (Lipinski definition) is 4. The summed E-state index contributed by atoms with van der Waals surface area (Å²) in [6, 6.07) is 11.2. The number of anilines is 2. The molecule has 2 heterocycles. The third-order valence-corrected chi connectivity index (χ3v) is 5.00. The zero-order valence-electron chi connectivity index (χ0n) is 16.0. The molecule has 0 saturated heterocycles. The molecule has 2 aromatic carbocycles. The Morgan fingerprint density at radius 1 is 1.17 bits per heavy atom. The number of hydrogen-bond donors (Lipinski definition) is 2. The second kappa shape index (κ2) is 7.63. The van der Waals surface area contributed by atoms with Crippen molar-refractivity contribution in [3.05, 3.63) is 65.5 Å².